The third-order valence-electron chi connectivity index (χ3n) is 2.15. The number of hydrogen-bond acceptors (Lipinski definition) is 3. The van der Waals surface area contributed by atoms with Crippen molar-refractivity contribution in [2.45, 2.75) is 18.2 Å². The molecule has 3 nitrogen and oxygen atoms in total. The van der Waals surface area contributed by atoms with Gasteiger partial charge in [0, 0.05) is 22.5 Å². The summed E-state index contributed by atoms with van der Waals surface area (Å²) < 4.78 is 1.05. The molecule has 0 saturated heterocycles. The number of halogens is 1. The van der Waals surface area contributed by atoms with Crippen molar-refractivity contribution in [2.24, 2.45) is 0 Å². The molecule has 1 aromatic rings. The summed E-state index contributed by atoms with van der Waals surface area (Å²) in [6.45, 7) is 2.67. The predicted molar refractivity (Wildman–Crippen MR) is 74.3 cm³/mol. The molecule has 0 aromatic heterocycles. The molecule has 0 saturated carbocycles. The van der Waals surface area contributed by atoms with Crippen molar-refractivity contribution in [1.29, 1.82) is 0 Å². The van der Waals surface area contributed by atoms with Gasteiger partial charge in [0.25, 0.3) is 0 Å². The first-order valence-electron chi connectivity index (χ1n) is 5.40. The number of amides is 1. The third kappa shape index (κ3) is 5.57. The fourth-order valence-electron chi connectivity index (χ4n) is 1.28. The standard InChI is InChI=1S/C12H16BrNO2S/c1-9-7-10(13)3-4-11(9)17-8-12(16)14-5-2-6-15/h3-4,7,15H,2,5-6,8H2,1H3,(H,14,16). The lowest BCUT2D eigenvalue weighted by molar-refractivity contribution is -0.118. The maximum absolute atomic E-state index is 11.4. The number of rotatable bonds is 6. The van der Waals surface area contributed by atoms with Crippen LogP contribution in [-0.2, 0) is 4.79 Å². The van der Waals surface area contributed by atoms with Gasteiger partial charge in [-0.3, -0.25) is 4.79 Å². The fraction of sp³-hybridized carbons (Fsp3) is 0.417. The summed E-state index contributed by atoms with van der Waals surface area (Å²) in [6, 6.07) is 6.01. The van der Waals surface area contributed by atoms with Crippen molar-refractivity contribution in [1.82, 2.24) is 5.32 Å². The lowest BCUT2D eigenvalue weighted by Crippen LogP contribution is -2.26. The maximum atomic E-state index is 11.4. The minimum absolute atomic E-state index is 0.00534. The first-order chi connectivity index (χ1) is 8.13. The molecule has 1 aromatic carbocycles. The van der Waals surface area contributed by atoms with Crippen molar-refractivity contribution in [3.05, 3.63) is 28.2 Å². The Labute approximate surface area is 114 Å². The number of benzene rings is 1. The lowest BCUT2D eigenvalue weighted by atomic mass is 10.2. The zero-order chi connectivity index (χ0) is 12.7. The SMILES string of the molecule is Cc1cc(Br)ccc1SCC(=O)NCCCO. The first kappa shape index (κ1) is 14.5. The van der Waals surface area contributed by atoms with Crippen LogP contribution in [0.3, 0.4) is 0 Å². The van der Waals surface area contributed by atoms with Gasteiger partial charge in [-0.25, -0.2) is 0 Å². The normalized spacial score (nSPS) is 10.3. The average molecular weight is 318 g/mol. The van der Waals surface area contributed by atoms with Gasteiger partial charge in [-0.05, 0) is 37.1 Å². The summed E-state index contributed by atoms with van der Waals surface area (Å²) in [5.74, 6) is 0.416. The molecule has 0 atom stereocenters. The number of aryl methyl sites for hydroxylation is 1. The molecule has 0 unspecified atom stereocenters. The number of carbonyl (C=O) groups is 1. The molecule has 0 fully saturated rings. The first-order valence-corrected chi connectivity index (χ1v) is 7.18. The smallest absolute Gasteiger partial charge is 0.230 e. The highest BCUT2D eigenvalue weighted by Gasteiger charge is 2.04. The highest BCUT2D eigenvalue weighted by molar-refractivity contribution is 9.10. The van der Waals surface area contributed by atoms with E-state index >= 15 is 0 Å². The average Bonchev–Trinajstić information content (AvgIpc) is 2.28. The van der Waals surface area contributed by atoms with Gasteiger partial charge >= 0.3 is 0 Å². The minimum atomic E-state index is 0.00534. The van der Waals surface area contributed by atoms with E-state index in [1.807, 2.05) is 25.1 Å². The predicted octanol–water partition coefficient (Wildman–Crippen LogP) is 2.35. The molecular weight excluding hydrogens is 302 g/mol. The van der Waals surface area contributed by atoms with E-state index < -0.39 is 0 Å². The van der Waals surface area contributed by atoms with E-state index in [2.05, 4.69) is 21.2 Å². The van der Waals surface area contributed by atoms with Gasteiger partial charge in [0.2, 0.25) is 5.91 Å². The van der Waals surface area contributed by atoms with Crippen LogP contribution in [0.4, 0.5) is 0 Å². The van der Waals surface area contributed by atoms with Crippen LogP contribution < -0.4 is 5.32 Å². The molecule has 17 heavy (non-hydrogen) atoms. The van der Waals surface area contributed by atoms with Gasteiger partial charge < -0.3 is 10.4 Å². The van der Waals surface area contributed by atoms with Crippen LogP contribution in [0, 0.1) is 6.92 Å². The number of aliphatic hydroxyl groups is 1. The molecule has 0 bridgehead atoms. The Morgan fingerprint density at radius 2 is 2.29 bits per heavy atom. The zero-order valence-corrected chi connectivity index (χ0v) is 12.1. The molecule has 0 radical (unpaired) electrons. The summed E-state index contributed by atoms with van der Waals surface area (Å²) in [5, 5.41) is 11.3. The van der Waals surface area contributed by atoms with E-state index in [4.69, 9.17) is 5.11 Å². The van der Waals surface area contributed by atoms with E-state index in [9.17, 15) is 4.79 Å². The van der Waals surface area contributed by atoms with E-state index in [1.54, 1.807) is 0 Å². The Bertz CT molecular complexity index is 385. The van der Waals surface area contributed by atoms with Crippen molar-refractivity contribution in [2.75, 3.05) is 18.9 Å². The largest absolute Gasteiger partial charge is 0.396 e. The topological polar surface area (TPSA) is 49.3 Å². The molecule has 0 aliphatic rings. The maximum Gasteiger partial charge on any atom is 0.230 e. The fourth-order valence-corrected chi connectivity index (χ4v) is 2.59. The van der Waals surface area contributed by atoms with Gasteiger partial charge in [0.05, 0.1) is 5.75 Å². The van der Waals surface area contributed by atoms with E-state index in [0.29, 0.717) is 18.7 Å². The van der Waals surface area contributed by atoms with Crippen molar-refractivity contribution in [3.8, 4) is 0 Å². The molecule has 1 rings (SSSR count). The molecule has 0 aliphatic carbocycles. The van der Waals surface area contributed by atoms with Crippen LogP contribution in [-0.4, -0.2) is 29.9 Å². The summed E-state index contributed by atoms with van der Waals surface area (Å²) in [5.41, 5.74) is 1.16. The van der Waals surface area contributed by atoms with Crippen molar-refractivity contribution >= 4 is 33.6 Å². The van der Waals surface area contributed by atoms with Crippen LogP contribution in [0.5, 0.6) is 0 Å². The Morgan fingerprint density at radius 3 is 2.94 bits per heavy atom. The second kappa shape index (κ2) is 7.74. The molecule has 0 aliphatic heterocycles. The highest BCUT2D eigenvalue weighted by Crippen LogP contribution is 2.24. The van der Waals surface area contributed by atoms with Crippen LogP contribution in [0.2, 0.25) is 0 Å². The summed E-state index contributed by atoms with van der Waals surface area (Å²) in [7, 11) is 0. The molecular formula is C12H16BrNO2S. The van der Waals surface area contributed by atoms with Crippen molar-refractivity contribution in [3.63, 3.8) is 0 Å². The summed E-state index contributed by atoms with van der Waals surface area (Å²) >= 11 is 4.93. The number of hydrogen-bond donors (Lipinski definition) is 2. The van der Waals surface area contributed by atoms with Gasteiger partial charge in [-0.1, -0.05) is 15.9 Å². The van der Waals surface area contributed by atoms with Gasteiger partial charge in [-0.15, -0.1) is 11.8 Å². The highest BCUT2D eigenvalue weighted by atomic mass is 79.9. The summed E-state index contributed by atoms with van der Waals surface area (Å²) in [6.07, 6.45) is 0.605. The van der Waals surface area contributed by atoms with Crippen LogP contribution in [0.1, 0.15) is 12.0 Å². The molecule has 0 heterocycles. The second-order valence-corrected chi connectivity index (χ2v) is 5.56. The Kier molecular flexibility index (Phi) is 6.62. The zero-order valence-electron chi connectivity index (χ0n) is 9.70. The molecule has 5 heteroatoms. The van der Waals surface area contributed by atoms with E-state index in [-0.39, 0.29) is 12.5 Å². The molecule has 94 valence electrons. The van der Waals surface area contributed by atoms with Crippen LogP contribution in [0.15, 0.2) is 27.6 Å². The Morgan fingerprint density at radius 1 is 1.53 bits per heavy atom. The number of aliphatic hydroxyl groups excluding tert-OH is 1. The van der Waals surface area contributed by atoms with Crippen molar-refractivity contribution < 1.29 is 9.90 Å². The second-order valence-electron chi connectivity index (χ2n) is 3.63. The Hall–Kier alpha value is -0.520. The lowest BCUT2D eigenvalue weighted by Gasteiger charge is -2.06. The monoisotopic (exact) mass is 317 g/mol. The van der Waals surface area contributed by atoms with Gasteiger partial charge in [0.1, 0.15) is 0 Å². The van der Waals surface area contributed by atoms with Gasteiger partial charge in [0.15, 0.2) is 0 Å². The Balaban J connectivity index is 2.37. The summed E-state index contributed by atoms with van der Waals surface area (Å²) in [4.78, 5) is 12.6. The van der Waals surface area contributed by atoms with E-state index in [0.717, 1.165) is 14.9 Å². The van der Waals surface area contributed by atoms with Gasteiger partial charge in [-0.2, -0.15) is 0 Å². The van der Waals surface area contributed by atoms with Crippen LogP contribution in [0.25, 0.3) is 0 Å². The molecule has 1 amide bonds. The number of nitrogens with one attached hydrogen (secondary N) is 1. The molecule has 0 spiro atoms. The minimum Gasteiger partial charge on any atom is -0.396 e. The third-order valence-corrected chi connectivity index (χ3v) is 3.82. The number of thioether (sulfide) groups is 1. The van der Waals surface area contributed by atoms with E-state index in [1.165, 1.54) is 11.8 Å². The van der Waals surface area contributed by atoms with Crippen LogP contribution >= 0.6 is 27.7 Å². The molecule has 2 N–H and O–H groups in total. The quantitative estimate of drug-likeness (QED) is 0.625. The number of carbonyl (C=O) groups excluding carboxylic acids is 1.